The number of nitrogens with zero attached hydrogens (tertiary/aromatic N) is 2. The van der Waals surface area contributed by atoms with Gasteiger partial charge in [0.05, 0.1) is 28.0 Å². The summed E-state index contributed by atoms with van der Waals surface area (Å²) in [4.78, 5) is 16.9. The molecule has 1 saturated heterocycles. The first-order valence-corrected chi connectivity index (χ1v) is 9.08. The first-order valence-electron chi connectivity index (χ1n) is 8.32. The van der Waals surface area contributed by atoms with Crippen molar-refractivity contribution in [3.8, 4) is 0 Å². The second-order valence-corrected chi connectivity index (χ2v) is 6.77. The Labute approximate surface area is 156 Å². The summed E-state index contributed by atoms with van der Waals surface area (Å²) in [6, 6.07) is 1.76. The Morgan fingerprint density at radius 3 is 2.96 bits per heavy atom. The molecule has 2 N–H and O–H groups in total. The molecule has 0 saturated carbocycles. The van der Waals surface area contributed by atoms with Gasteiger partial charge in [0.25, 0.3) is 0 Å². The van der Waals surface area contributed by atoms with E-state index in [-0.39, 0.29) is 24.0 Å². The summed E-state index contributed by atoms with van der Waals surface area (Å²) in [5.41, 5.74) is 2.47. The normalized spacial score (nSPS) is 17.6. The average molecular weight is 383 g/mol. The summed E-state index contributed by atoms with van der Waals surface area (Å²) < 4.78 is 5.67. The SMILES string of the molecule is CCCc1[nH]nc(C(=O)Cc2cnc(C3CNCCO3)c(Cl)c2)c1Cl. The van der Waals surface area contributed by atoms with Crippen molar-refractivity contribution >= 4 is 29.0 Å². The molecule has 8 heteroatoms. The number of Topliss-reactive ketones (excluding diaryl/α,β-unsaturated/α-hetero) is 1. The maximum absolute atomic E-state index is 12.5. The first-order chi connectivity index (χ1) is 12.1. The molecule has 0 aliphatic carbocycles. The van der Waals surface area contributed by atoms with Gasteiger partial charge in [-0.25, -0.2) is 0 Å². The number of ether oxygens (including phenoxy) is 1. The smallest absolute Gasteiger partial charge is 0.189 e. The van der Waals surface area contributed by atoms with Gasteiger partial charge in [-0.1, -0.05) is 36.5 Å². The van der Waals surface area contributed by atoms with Crippen LogP contribution in [0.1, 0.15) is 46.9 Å². The molecule has 1 aliphatic rings. The molecule has 0 amide bonds. The summed E-state index contributed by atoms with van der Waals surface area (Å²) >= 11 is 12.6. The van der Waals surface area contributed by atoms with Crippen molar-refractivity contribution in [3.05, 3.63) is 45.0 Å². The number of hydrogen-bond acceptors (Lipinski definition) is 5. The number of rotatable bonds is 6. The van der Waals surface area contributed by atoms with Gasteiger partial charge in [0.2, 0.25) is 0 Å². The van der Waals surface area contributed by atoms with Gasteiger partial charge in [0, 0.05) is 25.7 Å². The minimum Gasteiger partial charge on any atom is -0.369 e. The third kappa shape index (κ3) is 4.20. The summed E-state index contributed by atoms with van der Waals surface area (Å²) in [5, 5.41) is 11.0. The molecule has 0 radical (unpaired) electrons. The van der Waals surface area contributed by atoms with Crippen molar-refractivity contribution in [2.24, 2.45) is 0 Å². The van der Waals surface area contributed by atoms with Gasteiger partial charge in [-0.05, 0) is 18.1 Å². The Hall–Kier alpha value is -1.47. The molecule has 0 aromatic carbocycles. The number of carbonyl (C=O) groups is 1. The second kappa shape index (κ2) is 8.27. The van der Waals surface area contributed by atoms with Crippen molar-refractivity contribution in [1.29, 1.82) is 0 Å². The molecule has 0 spiro atoms. The molecule has 1 aliphatic heterocycles. The number of aryl methyl sites for hydroxylation is 1. The van der Waals surface area contributed by atoms with Crippen LogP contribution >= 0.6 is 23.2 Å². The lowest BCUT2D eigenvalue weighted by molar-refractivity contribution is 0.0251. The monoisotopic (exact) mass is 382 g/mol. The van der Waals surface area contributed by atoms with Crippen molar-refractivity contribution in [3.63, 3.8) is 0 Å². The summed E-state index contributed by atoms with van der Waals surface area (Å²) in [7, 11) is 0. The van der Waals surface area contributed by atoms with Crippen LogP contribution in [0, 0.1) is 0 Å². The molecule has 3 heterocycles. The zero-order valence-corrected chi connectivity index (χ0v) is 15.5. The molecule has 134 valence electrons. The van der Waals surface area contributed by atoms with E-state index in [4.69, 9.17) is 27.9 Å². The number of morpholine rings is 1. The largest absolute Gasteiger partial charge is 0.369 e. The number of halogens is 2. The predicted molar refractivity (Wildman–Crippen MR) is 96.4 cm³/mol. The molecular weight excluding hydrogens is 363 g/mol. The number of nitrogens with one attached hydrogen (secondary N) is 2. The topological polar surface area (TPSA) is 79.9 Å². The molecule has 6 nitrogen and oxygen atoms in total. The van der Waals surface area contributed by atoms with Crippen molar-refractivity contribution < 1.29 is 9.53 Å². The Morgan fingerprint density at radius 2 is 2.28 bits per heavy atom. The maximum atomic E-state index is 12.5. The van der Waals surface area contributed by atoms with E-state index in [1.807, 2.05) is 6.92 Å². The fourth-order valence-corrected chi connectivity index (χ4v) is 3.39. The van der Waals surface area contributed by atoms with E-state index in [2.05, 4.69) is 20.5 Å². The van der Waals surface area contributed by atoms with Crippen molar-refractivity contribution in [1.82, 2.24) is 20.5 Å². The van der Waals surface area contributed by atoms with Crippen LogP contribution in [-0.2, 0) is 17.6 Å². The number of aromatic amines is 1. The van der Waals surface area contributed by atoms with Gasteiger partial charge in [-0.3, -0.25) is 14.9 Å². The molecule has 2 aromatic rings. The van der Waals surface area contributed by atoms with E-state index >= 15 is 0 Å². The van der Waals surface area contributed by atoms with Gasteiger partial charge in [0.1, 0.15) is 11.8 Å². The van der Waals surface area contributed by atoms with Crippen LogP contribution in [0.3, 0.4) is 0 Å². The highest BCUT2D eigenvalue weighted by atomic mass is 35.5. The zero-order chi connectivity index (χ0) is 17.8. The van der Waals surface area contributed by atoms with Gasteiger partial charge in [-0.2, -0.15) is 5.10 Å². The Kier molecular flexibility index (Phi) is 6.06. The molecule has 2 aromatic heterocycles. The Morgan fingerprint density at radius 1 is 1.44 bits per heavy atom. The first kappa shape index (κ1) is 18.3. The number of aromatic nitrogens is 3. The Balaban J connectivity index is 1.72. The number of H-pyrrole nitrogens is 1. The summed E-state index contributed by atoms with van der Waals surface area (Å²) in [6.45, 7) is 4.17. The lowest BCUT2D eigenvalue weighted by atomic mass is 10.1. The van der Waals surface area contributed by atoms with Crippen LogP contribution in [0.15, 0.2) is 12.3 Å². The van der Waals surface area contributed by atoms with E-state index in [1.165, 1.54) is 0 Å². The predicted octanol–water partition coefficient (Wildman–Crippen LogP) is 3.15. The molecule has 0 bridgehead atoms. The van der Waals surface area contributed by atoms with E-state index < -0.39 is 0 Å². The maximum Gasteiger partial charge on any atom is 0.189 e. The molecular formula is C17H20Cl2N4O2. The van der Waals surface area contributed by atoms with Crippen LogP contribution in [0.2, 0.25) is 10.0 Å². The average Bonchev–Trinajstić information content (AvgIpc) is 2.97. The van der Waals surface area contributed by atoms with Crippen LogP contribution in [0.25, 0.3) is 0 Å². The molecule has 3 rings (SSSR count). The van der Waals surface area contributed by atoms with Gasteiger partial charge in [0.15, 0.2) is 5.78 Å². The highest BCUT2D eigenvalue weighted by Crippen LogP contribution is 2.26. The minimum atomic E-state index is -0.164. The molecule has 1 unspecified atom stereocenters. The van der Waals surface area contributed by atoms with Gasteiger partial charge in [-0.15, -0.1) is 0 Å². The fourth-order valence-electron chi connectivity index (χ4n) is 2.80. The lowest BCUT2D eigenvalue weighted by Gasteiger charge is -2.23. The van der Waals surface area contributed by atoms with E-state index in [0.717, 1.165) is 30.6 Å². The highest BCUT2D eigenvalue weighted by Gasteiger charge is 2.22. The number of hydrogen-bond donors (Lipinski definition) is 2. The van der Waals surface area contributed by atoms with Crippen molar-refractivity contribution in [2.75, 3.05) is 19.7 Å². The van der Waals surface area contributed by atoms with E-state index in [0.29, 0.717) is 28.9 Å². The molecule has 25 heavy (non-hydrogen) atoms. The van der Waals surface area contributed by atoms with Crippen molar-refractivity contribution in [2.45, 2.75) is 32.3 Å². The standard InChI is InChI=1S/C17H20Cl2N4O2/c1-2-3-12-15(19)17(23-22-12)13(24)7-10-6-11(18)16(21-8-10)14-9-20-4-5-25-14/h6,8,14,20H,2-5,7,9H2,1H3,(H,22,23). The van der Waals surface area contributed by atoms with Crippen LogP contribution in [0.5, 0.6) is 0 Å². The van der Waals surface area contributed by atoms with E-state index in [1.54, 1.807) is 12.3 Å². The van der Waals surface area contributed by atoms with Gasteiger partial charge >= 0.3 is 0 Å². The fraction of sp³-hybridized carbons (Fsp3) is 0.471. The van der Waals surface area contributed by atoms with E-state index in [9.17, 15) is 4.79 Å². The van der Waals surface area contributed by atoms with Crippen LogP contribution in [-0.4, -0.2) is 40.7 Å². The lowest BCUT2D eigenvalue weighted by Crippen LogP contribution is -2.33. The molecule has 1 atom stereocenters. The number of pyridine rings is 1. The minimum absolute atomic E-state index is 0.146. The Bertz CT molecular complexity index is 757. The number of carbonyl (C=O) groups excluding carboxylic acids is 1. The van der Waals surface area contributed by atoms with Gasteiger partial charge < -0.3 is 10.1 Å². The summed E-state index contributed by atoms with van der Waals surface area (Å²) in [6.07, 6.45) is 3.33. The number of ketones is 1. The second-order valence-electron chi connectivity index (χ2n) is 5.99. The van der Waals surface area contributed by atoms with Crippen LogP contribution < -0.4 is 5.32 Å². The van der Waals surface area contributed by atoms with Crippen LogP contribution in [0.4, 0.5) is 0 Å². The highest BCUT2D eigenvalue weighted by molar-refractivity contribution is 6.34. The molecule has 1 fully saturated rings. The summed E-state index contributed by atoms with van der Waals surface area (Å²) in [5.74, 6) is -0.162. The third-order valence-corrected chi connectivity index (χ3v) is 4.77. The third-order valence-electron chi connectivity index (χ3n) is 4.06. The quantitative estimate of drug-likeness (QED) is 0.750. The zero-order valence-electron chi connectivity index (χ0n) is 13.9.